The summed E-state index contributed by atoms with van der Waals surface area (Å²) in [5.74, 6) is -9.53. The van der Waals surface area contributed by atoms with Crippen LogP contribution in [0.25, 0.3) is 0 Å². The second kappa shape index (κ2) is 9.50. The van der Waals surface area contributed by atoms with Gasteiger partial charge in [-0.25, -0.2) is 12.8 Å². The first-order valence-electron chi connectivity index (χ1n) is 10.1. The highest BCUT2D eigenvalue weighted by molar-refractivity contribution is 7.90. The van der Waals surface area contributed by atoms with Crippen LogP contribution in [-0.4, -0.2) is 50.1 Å². The zero-order valence-electron chi connectivity index (χ0n) is 18.7. The molecule has 1 aromatic carbocycles. The number of hydrogen-bond donors (Lipinski definition) is 1. The number of hydrogen-bond acceptors (Lipinski definition) is 6. The zero-order chi connectivity index (χ0) is 27.2. The minimum absolute atomic E-state index is 0.229. The number of sulfone groups is 1. The molecule has 2 aromatic rings. The molecule has 1 saturated heterocycles. The molecule has 3 rings (SSSR count). The molecule has 198 valence electrons. The van der Waals surface area contributed by atoms with Crippen molar-refractivity contribution in [2.75, 3.05) is 11.6 Å². The molecule has 15 heteroatoms. The lowest BCUT2D eigenvalue weighted by Gasteiger charge is -2.32. The first-order valence-corrected chi connectivity index (χ1v) is 12.0. The van der Waals surface area contributed by atoms with E-state index in [-0.39, 0.29) is 10.6 Å². The van der Waals surface area contributed by atoms with Crippen molar-refractivity contribution in [2.24, 2.45) is 5.92 Å². The lowest BCUT2D eigenvalue weighted by atomic mass is 9.77. The zero-order valence-corrected chi connectivity index (χ0v) is 19.6. The van der Waals surface area contributed by atoms with Gasteiger partial charge in [-0.1, -0.05) is 13.0 Å². The average molecular weight is 544 g/mol. The number of carbonyl (C=O) groups is 1. The van der Waals surface area contributed by atoms with Crippen molar-refractivity contribution in [2.45, 2.75) is 49.2 Å². The molecular formula is C21H19F7N2O5S. The molecule has 0 spiro atoms. The molecule has 0 unspecified atom stereocenters. The highest BCUT2D eigenvalue weighted by Gasteiger charge is 2.66. The summed E-state index contributed by atoms with van der Waals surface area (Å²) in [5, 5.41) is 2.18. The number of nitrogens with zero attached hydrogens (tertiary/aromatic N) is 1. The molecule has 0 bridgehead atoms. The Morgan fingerprint density at radius 1 is 1.22 bits per heavy atom. The molecule has 1 aromatic heterocycles. The van der Waals surface area contributed by atoms with Gasteiger partial charge in [0.1, 0.15) is 6.10 Å². The van der Waals surface area contributed by atoms with Crippen LogP contribution in [0.3, 0.4) is 0 Å². The number of rotatable bonds is 6. The van der Waals surface area contributed by atoms with Gasteiger partial charge in [0.05, 0.1) is 16.8 Å². The quantitative estimate of drug-likeness (QED) is 0.541. The van der Waals surface area contributed by atoms with Gasteiger partial charge in [-0.05, 0) is 19.1 Å². The Kier molecular flexibility index (Phi) is 7.29. The van der Waals surface area contributed by atoms with Gasteiger partial charge in [0.2, 0.25) is 5.82 Å². The maximum atomic E-state index is 14.4. The molecule has 0 aliphatic carbocycles. The summed E-state index contributed by atoms with van der Waals surface area (Å²) in [5.41, 5.74) is -3.90. The summed E-state index contributed by atoms with van der Waals surface area (Å²) in [4.78, 5) is 16.4. The Morgan fingerprint density at radius 2 is 1.86 bits per heavy atom. The monoisotopic (exact) mass is 544 g/mol. The number of pyridine rings is 1. The molecule has 1 fully saturated rings. The van der Waals surface area contributed by atoms with Crippen LogP contribution in [0.1, 0.15) is 25.3 Å². The molecule has 7 nitrogen and oxygen atoms in total. The second-order valence-electron chi connectivity index (χ2n) is 8.29. The first kappa shape index (κ1) is 27.6. The van der Waals surface area contributed by atoms with Crippen LogP contribution in [0.2, 0.25) is 0 Å². The van der Waals surface area contributed by atoms with E-state index in [0.717, 1.165) is 37.7 Å². The third-order valence-corrected chi connectivity index (χ3v) is 7.06. The average Bonchev–Trinajstić information content (AvgIpc) is 3.03. The Morgan fingerprint density at radius 3 is 2.42 bits per heavy atom. The number of halogens is 7. The van der Waals surface area contributed by atoms with Crippen molar-refractivity contribution in [3.8, 4) is 5.75 Å². The Hall–Kier alpha value is -2.94. The maximum absolute atomic E-state index is 14.4. The Balaban J connectivity index is 2.11. The summed E-state index contributed by atoms with van der Waals surface area (Å²) in [6, 6.07) is 2.21. The normalized spacial score (nSPS) is 24.7. The van der Waals surface area contributed by atoms with E-state index in [9.17, 15) is 43.9 Å². The molecule has 2 heterocycles. The van der Waals surface area contributed by atoms with E-state index in [0.29, 0.717) is 13.0 Å². The van der Waals surface area contributed by atoms with E-state index in [4.69, 9.17) is 4.74 Å². The van der Waals surface area contributed by atoms with Crippen LogP contribution in [0.4, 0.5) is 36.4 Å². The van der Waals surface area contributed by atoms with Crippen molar-refractivity contribution >= 4 is 21.4 Å². The van der Waals surface area contributed by atoms with Crippen molar-refractivity contribution in [3.05, 3.63) is 47.8 Å². The van der Waals surface area contributed by atoms with Gasteiger partial charge in [0.15, 0.2) is 27.0 Å². The van der Waals surface area contributed by atoms with Gasteiger partial charge in [-0.15, -0.1) is 0 Å². The fraction of sp³-hybridized carbons (Fsp3) is 0.429. The van der Waals surface area contributed by atoms with E-state index < -0.39 is 75.0 Å². The highest BCUT2D eigenvalue weighted by Crippen LogP contribution is 2.55. The number of nitrogens with one attached hydrogen (secondary N) is 1. The molecule has 1 aliphatic rings. The lowest BCUT2D eigenvalue weighted by molar-refractivity contribution is -0.272. The SMILES string of the molecule is C[C@H]1[C@@H](c2ccc(F)c(F)c2OC(F)F)[C@H](C(=O)Nc2cncc(S(C)(=O)=O)c2)O[C@@]1(C)C(F)(F)F. The van der Waals surface area contributed by atoms with Crippen molar-refractivity contribution < 1.29 is 53.4 Å². The van der Waals surface area contributed by atoms with Crippen molar-refractivity contribution in [3.63, 3.8) is 0 Å². The number of alkyl halides is 5. The number of anilines is 1. The molecule has 1 amide bonds. The highest BCUT2D eigenvalue weighted by atomic mass is 32.2. The standard InChI is InChI=1S/C21H19F7N2O5S/c1-9-14(12-4-5-13(22)15(23)16(12)34-19(24)25)17(35-20(9,2)21(26,27)28)18(31)30-10-6-11(8-29-7-10)36(3,32)33/h4-9,14,17,19H,1-3H3,(H,30,31)/t9-,14-,17+,20+/m0/s1. The van der Waals surface area contributed by atoms with Crippen LogP contribution in [0.5, 0.6) is 5.75 Å². The molecule has 1 N–H and O–H groups in total. The van der Waals surface area contributed by atoms with Crippen molar-refractivity contribution in [1.82, 2.24) is 4.98 Å². The predicted molar refractivity (Wildman–Crippen MR) is 110 cm³/mol. The molecule has 1 aliphatic heterocycles. The number of aromatic nitrogens is 1. The van der Waals surface area contributed by atoms with Crippen LogP contribution < -0.4 is 10.1 Å². The molecule has 0 radical (unpaired) electrons. The van der Waals surface area contributed by atoms with Gasteiger partial charge in [0.25, 0.3) is 5.91 Å². The molecular weight excluding hydrogens is 525 g/mol. The molecule has 0 saturated carbocycles. The van der Waals surface area contributed by atoms with Gasteiger partial charge >= 0.3 is 12.8 Å². The smallest absolute Gasteiger partial charge is 0.417 e. The first-order chi connectivity index (χ1) is 16.5. The third-order valence-electron chi connectivity index (χ3n) is 5.98. The van der Waals surface area contributed by atoms with Crippen LogP contribution in [-0.2, 0) is 19.4 Å². The maximum Gasteiger partial charge on any atom is 0.417 e. The van der Waals surface area contributed by atoms with Crippen LogP contribution >= 0.6 is 0 Å². The minimum atomic E-state index is -5.07. The van der Waals surface area contributed by atoms with E-state index >= 15 is 0 Å². The fourth-order valence-electron chi connectivity index (χ4n) is 3.94. The van der Waals surface area contributed by atoms with Gasteiger partial charge in [-0.3, -0.25) is 9.78 Å². The van der Waals surface area contributed by atoms with Gasteiger partial charge in [0, 0.05) is 29.9 Å². The Bertz CT molecular complexity index is 1270. The van der Waals surface area contributed by atoms with E-state index in [2.05, 4.69) is 15.0 Å². The number of carbonyl (C=O) groups excluding carboxylic acids is 1. The summed E-state index contributed by atoms with van der Waals surface area (Å²) in [6.45, 7) is -2.04. The summed E-state index contributed by atoms with van der Waals surface area (Å²) in [7, 11) is -3.77. The largest absolute Gasteiger partial charge is 0.431 e. The summed E-state index contributed by atoms with van der Waals surface area (Å²) >= 11 is 0. The van der Waals surface area contributed by atoms with Crippen molar-refractivity contribution in [1.29, 1.82) is 0 Å². The van der Waals surface area contributed by atoms with E-state index in [1.807, 2.05) is 0 Å². The van der Waals surface area contributed by atoms with E-state index in [1.165, 1.54) is 0 Å². The topological polar surface area (TPSA) is 94.6 Å². The van der Waals surface area contributed by atoms with E-state index in [1.54, 1.807) is 0 Å². The minimum Gasteiger partial charge on any atom is -0.431 e. The lowest BCUT2D eigenvalue weighted by Crippen LogP contribution is -2.47. The third kappa shape index (κ3) is 5.12. The molecule has 36 heavy (non-hydrogen) atoms. The van der Waals surface area contributed by atoms with Gasteiger partial charge in [-0.2, -0.15) is 26.3 Å². The summed E-state index contributed by atoms with van der Waals surface area (Å²) in [6.07, 6.45) is -4.31. The summed E-state index contributed by atoms with van der Waals surface area (Å²) < 4.78 is 129. The Labute approximate surface area is 200 Å². The number of amides is 1. The van der Waals surface area contributed by atoms with Crippen LogP contribution in [0.15, 0.2) is 35.5 Å². The van der Waals surface area contributed by atoms with Gasteiger partial charge < -0.3 is 14.8 Å². The second-order valence-corrected chi connectivity index (χ2v) is 10.3. The predicted octanol–water partition coefficient (Wildman–Crippen LogP) is 4.44. The number of benzene rings is 1. The molecule has 4 atom stereocenters. The fourth-order valence-corrected chi connectivity index (χ4v) is 4.54. The van der Waals surface area contributed by atoms with Crippen LogP contribution in [0, 0.1) is 17.6 Å². The number of ether oxygens (including phenoxy) is 2.